The van der Waals surface area contributed by atoms with Crippen LogP contribution in [-0.2, 0) is 4.74 Å². The van der Waals surface area contributed by atoms with E-state index >= 15 is 0 Å². The third-order valence-corrected chi connectivity index (χ3v) is 4.33. The first kappa shape index (κ1) is 13.5. The zero-order valence-corrected chi connectivity index (χ0v) is 11.8. The highest BCUT2D eigenvalue weighted by molar-refractivity contribution is 7.14. The number of aryl methyl sites for hydroxylation is 2. The Kier molecular flexibility index (Phi) is 4.04. The van der Waals surface area contributed by atoms with E-state index in [0.717, 1.165) is 10.4 Å². The molecule has 1 saturated heterocycles. The van der Waals surface area contributed by atoms with Crippen molar-refractivity contribution in [3.63, 3.8) is 0 Å². The van der Waals surface area contributed by atoms with Crippen molar-refractivity contribution in [1.82, 2.24) is 4.90 Å². The second-order valence-corrected chi connectivity index (χ2v) is 6.07. The van der Waals surface area contributed by atoms with Crippen molar-refractivity contribution in [2.75, 3.05) is 19.7 Å². The molecule has 18 heavy (non-hydrogen) atoms. The second-order valence-electron chi connectivity index (χ2n) is 4.81. The van der Waals surface area contributed by atoms with Gasteiger partial charge in [0.2, 0.25) is 0 Å². The average molecular weight is 269 g/mol. The third-order valence-electron chi connectivity index (χ3n) is 3.19. The Balaban J connectivity index is 2.13. The molecule has 2 rings (SSSR count). The molecule has 2 atom stereocenters. The maximum absolute atomic E-state index is 12.4. The molecular weight excluding hydrogens is 250 g/mol. The Labute approximate surface area is 111 Å². The lowest BCUT2D eigenvalue weighted by molar-refractivity contribution is -0.0857. The van der Waals surface area contributed by atoms with Gasteiger partial charge in [-0.2, -0.15) is 0 Å². The second kappa shape index (κ2) is 5.38. The van der Waals surface area contributed by atoms with Crippen LogP contribution >= 0.6 is 11.3 Å². The number of ether oxygens (including phenoxy) is 1. The minimum atomic E-state index is -0.264. The number of hydrogen-bond donors (Lipinski definition) is 1. The summed E-state index contributed by atoms with van der Waals surface area (Å²) in [6, 6.07) is 1.94. The summed E-state index contributed by atoms with van der Waals surface area (Å²) < 4.78 is 5.54. The molecule has 0 aromatic carbocycles. The fourth-order valence-electron chi connectivity index (χ4n) is 2.15. The van der Waals surface area contributed by atoms with E-state index < -0.39 is 0 Å². The van der Waals surface area contributed by atoms with Gasteiger partial charge in [-0.25, -0.2) is 0 Å². The molecule has 0 spiro atoms. The smallest absolute Gasteiger partial charge is 0.264 e. The van der Waals surface area contributed by atoms with Gasteiger partial charge in [0, 0.05) is 18.0 Å². The van der Waals surface area contributed by atoms with Gasteiger partial charge in [0.05, 0.1) is 23.7 Å². The SMILES string of the molecule is Cc1cc(C(=O)N2CC(C)OC(CO)C2)sc1C. The van der Waals surface area contributed by atoms with E-state index in [1.807, 2.05) is 26.8 Å². The van der Waals surface area contributed by atoms with E-state index in [4.69, 9.17) is 9.84 Å². The van der Waals surface area contributed by atoms with Crippen molar-refractivity contribution >= 4 is 17.2 Å². The Morgan fingerprint density at radius 1 is 1.56 bits per heavy atom. The topological polar surface area (TPSA) is 49.8 Å². The molecule has 1 fully saturated rings. The summed E-state index contributed by atoms with van der Waals surface area (Å²) >= 11 is 1.53. The van der Waals surface area contributed by atoms with E-state index in [9.17, 15) is 4.79 Å². The molecule has 1 amide bonds. The number of hydrogen-bond acceptors (Lipinski definition) is 4. The van der Waals surface area contributed by atoms with Crippen LogP contribution in [0.3, 0.4) is 0 Å². The Hall–Kier alpha value is -0.910. The van der Waals surface area contributed by atoms with Crippen LogP contribution in [0.25, 0.3) is 0 Å². The number of thiophene rings is 1. The summed E-state index contributed by atoms with van der Waals surface area (Å²) in [5.74, 6) is 0.0461. The highest BCUT2D eigenvalue weighted by Gasteiger charge is 2.29. The minimum Gasteiger partial charge on any atom is -0.394 e. The molecule has 4 nitrogen and oxygen atoms in total. The lowest BCUT2D eigenvalue weighted by Gasteiger charge is -2.35. The molecule has 0 bridgehead atoms. The van der Waals surface area contributed by atoms with Gasteiger partial charge in [-0.15, -0.1) is 11.3 Å². The lowest BCUT2D eigenvalue weighted by atomic mass is 10.2. The monoisotopic (exact) mass is 269 g/mol. The molecule has 1 aliphatic heterocycles. The maximum Gasteiger partial charge on any atom is 0.264 e. The molecule has 0 radical (unpaired) electrons. The number of rotatable bonds is 2. The normalized spacial score (nSPS) is 24.3. The predicted octanol–water partition coefficient (Wildman–Crippen LogP) is 1.59. The summed E-state index contributed by atoms with van der Waals surface area (Å²) in [5, 5.41) is 9.17. The largest absolute Gasteiger partial charge is 0.394 e. The number of carbonyl (C=O) groups excluding carboxylic acids is 1. The Bertz CT molecular complexity index is 424. The summed E-state index contributed by atoms with van der Waals surface area (Å²) in [7, 11) is 0. The minimum absolute atomic E-state index is 0.0259. The molecule has 2 unspecified atom stereocenters. The molecule has 0 saturated carbocycles. The molecule has 0 aliphatic carbocycles. The third kappa shape index (κ3) is 2.74. The number of morpholine rings is 1. The number of carbonyl (C=O) groups is 1. The van der Waals surface area contributed by atoms with E-state index in [0.29, 0.717) is 13.1 Å². The van der Waals surface area contributed by atoms with Crippen LogP contribution in [0.4, 0.5) is 0 Å². The molecule has 2 heterocycles. The molecule has 1 aromatic heterocycles. The summed E-state index contributed by atoms with van der Waals surface area (Å²) in [6.45, 7) is 6.97. The Morgan fingerprint density at radius 3 is 2.83 bits per heavy atom. The van der Waals surface area contributed by atoms with Crippen LogP contribution in [0, 0.1) is 13.8 Å². The first-order valence-electron chi connectivity index (χ1n) is 6.14. The first-order valence-corrected chi connectivity index (χ1v) is 6.95. The van der Waals surface area contributed by atoms with Crippen molar-refractivity contribution in [3.8, 4) is 0 Å². The number of aliphatic hydroxyl groups is 1. The van der Waals surface area contributed by atoms with E-state index in [1.54, 1.807) is 4.90 Å². The van der Waals surface area contributed by atoms with Crippen molar-refractivity contribution in [2.24, 2.45) is 0 Å². The molecule has 1 aliphatic rings. The molecule has 1 N–H and O–H groups in total. The quantitative estimate of drug-likeness (QED) is 0.887. The average Bonchev–Trinajstić information content (AvgIpc) is 2.68. The van der Waals surface area contributed by atoms with Gasteiger partial charge in [-0.3, -0.25) is 4.79 Å². The predicted molar refractivity (Wildman–Crippen MR) is 71.1 cm³/mol. The zero-order valence-electron chi connectivity index (χ0n) is 11.0. The van der Waals surface area contributed by atoms with Gasteiger partial charge in [0.15, 0.2) is 0 Å². The van der Waals surface area contributed by atoms with Gasteiger partial charge in [0.25, 0.3) is 5.91 Å². The van der Waals surface area contributed by atoms with Gasteiger partial charge < -0.3 is 14.7 Å². The zero-order chi connectivity index (χ0) is 13.3. The molecule has 100 valence electrons. The lowest BCUT2D eigenvalue weighted by Crippen LogP contribution is -2.50. The fourth-order valence-corrected chi connectivity index (χ4v) is 3.15. The van der Waals surface area contributed by atoms with Gasteiger partial charge in [0.1, 0.15) is 0 Å². The fraction of sp³-hybridized carbons (Fsp3) is 0.615. The summed E-state index contributed by atoms with van der Waals surface area (Å²) in [4.78, 5) is 16.1. The van der Waals surface area contributed by atoms with E-state index in [-0.39, 0.29) is 24.7 Å². The van der Waals surface area contributed by atoms with Crippen molar-refractivity contribution < 1.29 is 14.6 Å². The molecular formula is C13H19NO3S. The van der Waals surface area contributed by atoms with Crippen molar-refractivity contribution in [2.45, 2.75) is 33.0 Å². The van der Waals surface area contributed by atoms with E-state index in [1.165, 1.54) is 16.2 Å². The van der Waals surface area contributed by atoms with Gasteiger partial charge in [-0.05, 0) is 32.4 Å². The van der Waals surface area contributed by atoms with Gasteiger partial charge in [-0.1, -0.05) is 0 Å². The van der Waals surface area contributed by atoms with Crippen LogP contribution in [-0.4, -0.2) is 47.8 Å². The standard InChI is InChI=1S/C13H19NO3S/c1-8-4-12(18-10(8)3)13(16)14-5-9(2)17-11(6-14)7-15/h4,9,11,15H,5-7H2,1-3H3. The van der Waals surface area contributed by atoms with Crippen LogP contribution in [0.2, 0.25) is 0 Å². The molecule has 5 heteroatoms. The van der Waals surface area contributed by atoms with Crippen molar-refractivity contribution in [1.29, 1.82) is 0 Å². The van der Waals surface area contributed by atoms with Crippen molar-refractivity contribution in [3.05, 3.63) is 21.4 Å². The highest BCUT2D eigenvalue weighted by atomic mass is 32.1. The highest BCUT2D eigenvalue weighted by Crippen LogP contribution is 2.23. The number of nitrogens with zero attached hydrogens (tertiary/aromatic N) is 1. The maximum atomic E-state index is 12.4. The van der Waals surface area contributed by atoms with Crippen LogP contribution < -0.4 is 0 Å². The summed E-state index contributed by atoms with van der Waals surface area (Å²) in [5.41, 5.74) is 1.16. The van der Waals surface area contributed by atoms with E-state index in [2.05, 4.69) is 0 Å². The molecule has 1 aromatic rings. The van der Waals surface area contributed by atoms with Crippen LogP contribution in [0.15, 0.2) is 6.07 Å². The first-order chi connectivity index (χ1) is 8.51. The summed E-state index contributed by atoms with van der Waals surface area (Å²) in [6.07, 6.45) is -0.290. The Morgan fingerprint density at radius 2 is 2.28 bits per heavy atom. The van der Waals surface area contributed by atoms with Gasteiger partial charge >= 0.3 is 0 Å². The van der Waals surface area contributed by atoms with Crippen LogP contribution in [0.5, 0.6) is 0 Å². The number of amides is 1. The van der Waals surface area contributed by atoms with Crippen LogP contribution in [0.1, 0.15) is 27.0 Å². The number of aliphatic hydroxyl groups excluding tert-OH is 1.